The number of nitrogens with zero attached hydrogens (tertiary/aromatic N) is 1. The van der Waals surface area contributed by atoms with Crippen LogP contribution in [0.1, 0.15) is 0 Å². The summed E-state index contributed by atoms with van der Waals surface area (Å²) in [5.41, 5.74) is 11.9. The molecule has 7 aromatic carbocycles. The summed E-state index contributed by atoms with van der Waals surface area (Å²) in [4.78, 5) is 5.30. The summed E-state index contributed by atoms with van der Waals surface area (Å²) < 4.78 is 6.14. The molecular weight excluding hydrogens is 546 g/mol. The van der Waals surface area contributed by atoms with E-state index < -0.39 is 0 Å². The maximum atomic E-state index is 6.14. The van der Waals surface area contributed by atoms with Crippen molar-refractivity contribution in [1.82, 2.24) is 4.98 Å². The van der Waals surface area contributed by atoms with Crippen LogP contribution in [-0.2, 0) is 0 Å². The van der Waals surface area contributed by atoms with Crippen LogP contribution in [0.5, 0.6) is 0 Å². The van der Waals surface area contributed by atoms with Crippen LogP contribution in [0.2, 0.25) is 0 Å². The highest BCUT2D eigenvalue weighted by atomic mass is 16.3. The van der Waals surface area contributed by atoms with E-state index in [1.54, 1.807) is 0 Å². The first-order valence-electron chi connectivity index (χ1n) is 15.3. The quantitative estimate of drug-likeness (QED) is 0.209. The normalized spacial score (nSPS) is 11.6. The molecule has 0 fully saturated rings. The van der Waals surface area contributed by atoms with Crippen LogP contribution in [0.15, 0.2) is 168 Å². The lowest BCUT2D eigenvalue weighted by Crippen LogP contribution is -1.92. The van der Waals surface area contributed by atoms with Crippen molar-refractivity contribution in [2.45, 2.75) is 0 Å². The summed E-state index contributed by atoms with van der Waals surface area (Å²) in [6.45, 7) is 0. The number of fused-ring (bicyclic) bond motifs is 5. The summed E-state index contributed by atoms with van der Waals surface area (Å²) in [5.74, 6) is 0. The molecule has 9 rings (SSSR count). The van der Waals surface area contributed by atoms with Crippen molar-refractivity contribution in [3.05, 3.63) is 164 Å². The molecule has 0 aliphatic carbocycles. The van der Waals surface area contributed by atoms with Gasteiger partial charge in [0, 0.05) is 27.3 Å². The number of hydrogen-bond donors (Lipinski definition) is 0. The third-order valence-electron chi connectivity index (χ3n) is 8.86. The topological polar surface area (TPSA) is 26.0 Å². The maximum absolute atomic E-state index is 6.14. The zero-order valence-corrected chi connectivity index (χ0v) is 24.4. The molecular formula is C43H27NO. The van der Waals surface area contributed by atoms with Crippen LogP contribution in [0.3, 0.4) is 0 Å². The van der Waals surface area contributed by atoms with Gasteiger partial charge in [-0.1, -0.05) is 133 Å². The molecule has 2 aromatic heterocycles. The lowest BCUT2D eigenvalue weighted by atomic mass is 9.94. The summed E-state index contributed by atoms with van der Waals surface area (Å²) >= 11 is 0. The predicted octanol–water partition coefficient (Wildman–Crippen LogP) is 12.0. The fourth-order valence-electron chi connectivity index (χ4n) is 6.60. The highest BCUT2D eigenvalue weighted by Gasteiger charge is 2.14. The minimum Gasteiger partial charge on any atom is -0.456 e. The van der Waals surface area contributed by atoms with Gasteiger partial charge in [0.05, 0.1) is 11.2 Å². The molecule has 0 saturated heterocycles. The van der Waals surface area contributed by atoms with Gasteiger partial charge in [-0.25, -0.2) is 4.98 Å². The molecule has 2 heterocycles. The van der Waals surface area contributed by atoms with E-state index in [4.69, 9.17) is 9.40 Å². The van der Waals surface area contributed by atoms with Crippen LogP contribution in [0, 0.1) is 0 Å². The van der Waals surface area contributed by atoms with Crippen LogP contribution < -0.4 is 0 Å². The van der Waals surface area contributed by atoms with Gasteiger partial charge in [0.2, 0.25) is 0 Å². The number of para-hydroxylation sites is 1. The van der Waals surface area contributed by atoms with Crippen LogP contribution in [0.25, 0.3) is 88.3 Å². The Balaban J connectivity index is 1.14. The second-order valence-electron chi connectivity index (χ2n) is 11.6. The smallest absolute Gasteiger partial charge is 0.136 e. The molecule has 0 amide bonds. The minimum absolute atomic E-state index is 0.913. The SMILES string of the molecule is c1ccc(-c2nc3cc(-c4ccc(-c5cccc6oc7ccccc7c56)cc4)ccc3cc2-c2ccc3ccccc3c2)cc1. The molecule has 2 heteroatoms. The van der Waals surface area contributed by atoms with E-state index in [2.05, 4.69) is 146 Å². The maximum Gasteiger partial charge on any atom is 0.136 e. The number of furan rings is 1. The predicted molar refractivity (Wildman–Crippen MR) is 188 cm³/mol. The van der Waals surface area contributed by atoms with Crippen molar-refractivity contribution in [1.29, 1.82) is 0 Å². The van der Waals surface area contributed by atoms with Crippen molar-refractivity contribution < 1.29 is 4.42 Å². The summed E-state index contributed by atoms with van der Waals surface area (Å²) in [6.07, 6.45) is 0. The standard InChI is InChI=1S/C43H27NO/c1-2-10-31(11-3-1)43-38(34-23-19-28-9-4-5-12-32(28)25-34)26-35-24-22-33(27-39(35)44-43)29-17-20-30(21-18-29)36-14-8-16-41-42(36)37-13-6-7-15-40(37)45-41/h1-27H. The third-order valence-corrected chi connectivity index (χ3v) is 8.86. The first kappa shape index (κ1) is 25.5. The molecule has 0 aliphatic rings. The first-order chi connectivity index (χ1) is 22.3. The number of rotatable bonds is 4. The van der Waals surface area contributed by atoms with E-state index in [1.807, 2.05) is 18.2 Å². The van der Waals surface area contributed by atoms with Gasteiger partial charge < -0.3 is 4.42 Å². The molecule has 0 aliphatic heterocycles. The van der Waals surface area contributed by atoms with E-state index in [-0.39, 0.29) is 0 Å². The van der Waals surface area contributed by atoms with Crippen molar-refractivity contribution in [2.75, 3.05) is 0 Å². The first-order valence-corrected chi connectivity index (χ1v) is 15.3. The zero-order valence-electron chi connectivity index (χ0n) is 24.4. The molecule has 0 atom stereocenters. The molecule has 0 radical (unpaired) electrons. The summed E-state index contributed by atoms with van der Waals surface area (Å²) in [5, 5.41) is 5.89. The molecule has 210 valence electrons. The minimum atomic E-state index is 0.913. The largest absolute Gasteiger partial charge is 0.456 e. The average Bonchev–Trinajstić information content (AvgIpc) is 3.50. The Morgan fingerprint density at radius 3 is 1.96 bits per heavy atom. The Hall–Kier alpha value is -5.99. The van der Waals surface area contributed by atoms with E-state index >= 15 is 0 Å². The Labute approximate surface area is 260 Å². The fraction of sp³-hybridized carbons (Fsp3) is 0. The van der Waals surface area contributed by atoms with Gasteiger partial charge in [-0.2, -0.15) is 0 Å². The number of pyridine rings is 1. The lowest BCUT2D eigenvalue weighted by Gasteiger charge is -2.13. The van der Waals surface area contributed by atoms with Crippen molar-refractivity contribution in [3.63, 3.8) is 0 Å². The molecule has 0 unspecified atom stereocenters. The molecule has 0 spiro atoms. The van der Waals surface area contributed by atoms with Gasteiger partial charge in [-0.15, -0.1) is 0 Å². The average molecular weight is 574 g/mol. The Kier molecular flexibility index (Phi) is 5.85. The third kappa shape index (κ3) is 4.39. The van der Waals surface area contributed by atoms with E-state index in [9.17, 15) is 0 Å². The molecule has 0 N–H and O–H groups in total. The van der Waals surface area contributed by atoms with Gasteiger partial charge in [0.15, 0.2) is 0 Å². The van der Waals surface area contributed by atoms with Crippen molar-refractivity contribution in [2.24, 2.45) is 0 Å². The monoisotopic (exact) mass is 573 g/mol. The van der Waals surface area contributed by atoms with Gasteiger partial charge in [0.25, 0.3) is 0 Å². The number of benzene rings is 7. The van der Waals surface area contributed by atoms with Crippen LogP contribution in [-0.4, -0.2) is 4.98 Å². The second-order valence-corrected chi connectivity index (χ2v) is 11.6. The lowest BCUT2D eigenvalue weighted by molar-refractivity contribution is 0.669. The van der Waals surface area contributed by atoms with Crippen LogP contribution in [0.4, 0.5) is 0 Å². The fourth-order valence-corrected chi connectivity index (χ4v) is 6.60. The molecule has 0 bridgehead atoms. The summed E-state index contributed by atoms with van der Waals surface area (Å²) in [7, 11) is 0. The Morgan fingerprint density at radius 2 is 1.07 bits per heavy atom. The molecule has 45 heavy (non-hydrogen) atoms. The highest BCUT2D eigenvalue weighted by Crippen LogP contribution is 2.38. The van der Waals surface area contributed by atoms with Crippen molar-refractivity contribution >= 4 is 43.6 Å². The van der Waals surface area contributed by atoms with Crippen molar-refractivity contribution in [3.8, 4) is 44.6 Å². The second kappa shape index (κ2) is 10.3. The van der Waals surface area contributed by atoms with Gasteiger partial charge in [-0.05, 0) is 68.9 Å². The van der Waals surface area contributed by atoms with Gasteiger partial charge >= 0.3 is 0 Å². The molecule has 9 aromatic rings. The van der Waals surface area contributed by atoms with E-state index in [1.165, 1.54) is 27.5 Å². The van der Waals surface area contributed by atoms with E-state index in [0.717, 1.165) is 60.8 Å². The van der Waals surface area contributed by atoms with Gasteiger partial charge in [-0.3, -0.25) is 0 Å². The number of hydrogen-bond acceptors (Lipinski definition) is 2. The van der Waals surface area contributed by atoms with Gasteiger partial charge in [0.1, 0.15) is 11.2 Å². The molecule has 0 saturated carbocycles. The Morgan fingerprint density at radius 1 is 0.378 bits per heavy atom. The van der Waals surface area contributed by atoms with E-state index in [0.29, 0.717) is 0 Å². The number of aromatic nitrogens is 1. The zero-order chi connectivity index (χ0) is 29.7. The molecule has 2 nitrogen and oxygen atoms in total. The summed E-state index contributed by atoms with van der Waals surface area (Å²) in [6, 6.07) is 58.0. The Bertz CT molecular complexity index is 2520. The van der Waals surface area contributed by atoms with Crippen LogP contribution >= 0.6 is 0 Å². The highest BCUT2D eigenvalue weighted by molar-refractivity contribution is 6.12.